The van der Waals surface area contributed by atoms with Gasteiger partial charge in [0.2, 0.25) is 13.4 Å². The van der Waals surface area contributed by atoms with Crippen LogP contribution in [0, 0.1) is 7.14 Å². The second kappa shape index (κ2) is 19.9. The number of halogens is 2. The Morgan fingerprint density at radius 1 is 0.267 bits per heavy atom. The molecule has 0 amide bonds. The molecular weight excluding hydrogens is 1260 g/mol. The van der Waals surface area contributed by atoms with Crippen molar-refractivity contribution in [2.75, 3.05) is 0 Å². The smallest absolute Gasteiger partial charge is 0.0657 e. The second-order valence-electron chi connectivity index (χ2n) is 27.6. The highest BCUT2D eigenvalue weighted by atomic mass is 127. The van der Waals surface area contributed by atoms with Crippen molar-refractivity contribution in [3.8, 4) is 89.0 Å². The Morgan fingerprint density at radius 3 is 0.930 bits per heavy atom. The standard InChI is InChI=1S/C82H70B2I2/c1-41(2)51-29-55(43(5)6)75(56(30-51)44(7)8)61-37-63-69-35-53(85)33-67-59-27-50(48-21-17-14-18-22-48)24-26-72(59)84(81(67)69)74-40-66-62(76-57(45(9)10)31-52(42(3)4)32-58(76)46(11)12)38-64-70-36-54(86)34-68-60-28-49(47-19-15-13-16-20-47)23-25-71(60)83(82(68)70)73-39-65(61)79(77(63)74)80(66)78(64)73/h13-46H,1-12H3. The van der Waals surface area contributed by atoms with E-state index in [1.165, 1.54) is 195 Å². The van der Waals surface area contributed by atoms with Crippen molar-refractivity contribution in [1.29, 1.82) is 0 Å². The molecule has 418 valence electrons. The van der Waals surface area contributed by atoms with Gasteiger partial charge in [0, 0.05) is 7.14 Å². The molecule has 0 saturated heterocycles. The van der Waals surface area contributed by atoms with Crippen molar-refractivity contribution in [3.05, 3.63) is 210 Å². The molecule has 0 saturated carbocycles. The zero-order valence-electron chi connectivity index (χ0n) is 51.5. The minimum absolute atomic E-state index is 0.0623. The summed E-state index contributed by atoms with van der Waals surface area (Å²) in [4.78, 5) is 0. The summed E-state index contributed by atoms with van der Waals surface area (Å²) in [5, 5.41) is 8.53. The number of hydrogen-bond acceptors (Lipinski definition) is 0. The molecule has 16 rings (SSSR count). The highest BCUT2D eigenvalue weighted by Gasteiger charge is 2.46. The van der Waals surface area contributed by atoms with Gasteiger partial charge in [0.1, 0.15) is 0 Å². The zero-order chi connectivity index (χ0) is 59.2. The lowest BCUT2D eigenvalue weighted by atomic mass is 9.34. The second-order valence-corrected chi connectivity index (χ2v) is 30.1. The van der Waals surface area contributed by atoms with Crippen LogP contribution in [0.3, 0.4) is 0 Å². The van der Waals surface area contributed by atoms with Crippen LogP contribution in [-0.2, 0) is 0 Å². The number of benzene rings is 12. The van der Waals surface area contributed by atoms with Crippen LogP contribution in [0.5, 0.6) is 0 Å². The third kappa shape index (κ3) is 7.85. The predicted molar refractivity (Wildman–Crippen MR) is 393 cm³/mol. The Morgan fingerprint density at radius 2 is 0.605 bits per heavy atom. The van der Waals surface area contributed by atoms with Crippen molar-refractivity contribution in [1.82, 2.24) is 0 Å². The number of fused-ring (bicyclic) bond motifs is 10. The minimum atomic E-state index is 0.0623. The molecule has 0 bridgehead atoms. The van der Waals surface area contributed by atoms with Crippen LogP contribution in [0.15, 0.2) is 170 Å². The average molecular weight is 1330 g/mol. The van der Waals surface area contributed by atoms with Crippen LogP contribution >= 0.6 is 45.2 Å². The maximum absolute atomic E-state index is 2.77. The topological polar surface area (TPSA) is 0 Å². The van der Waals surface area contributed by atoms with Crippen molar-refractivity contribution < 1.29 is 0 Å². The first-order valence-electron chi connectivity index (χ1n) is 31.7. The van der Waals surface area contributed by atoms with Crippen LogP contribution in [0.25, 0.3) is 121 Å². The van der Waals surface area contributed by atoms with Crippen molar-refractivity contribution in [2.45, 2.75) is 119 Å². The molecule has 0 aromatic heterocycles. The minimum Gasteiger partial charge on any atom is -0.0657 e. The summed E-state index contributed by atoms with van der Waals surface area (Å²) in [6, 6.07) is 68.3. The normalized spacial score (nSPS) is 13.3. The Hall–Kier alpha value is -6.73. The van der Waals surface area contributed by atoms with Crippen molar-refractivity contribution in [3.63, 3.8) is 0 Å². The lowest BCUT2D eigenvalue weighted by Gasteiger charge is -2.34. The summed E-state index contributed by atoms with van der Waals surface area (Å²) in [7, 11) is 0. The van der Waals surface area contributed by atoms with E-state index in [4.69, 9.17) is 0 Å². The monoisotopic (exact) mass is 1330 g/mol. The fourth-order valence-corrected chi connectivity index (χ4v) is 17.8. The molecule has 0 nitrogen and oxygen atoms in total. The van der Waals surface area contributed by atoms with E-state index < -0.39 is 0 Å². The molecule has 0 atom stereocenters. The molecule has 0 fully saturated rings. The lowest BCUT2D eigenvalue weighted by Crippen LogP contribution is -2.53. The first-order chi connectivity index (χ1) is 41.4. The molecule has 0 spiro atoms. The Balaban J connectivity index is 1.14. The van der Waals surface area contributed by atoms with Gasteiger partial charge >= 0.3 is 0 Å². The molecule has 12 aromatic rings. The average Bonchev–Trinajstić information content (AvgIpc) is 1.16. The van der Waals surface area contributed by atoms with Crippen molar-refractivity contribution in [2.24, 2.45) is 0 Å². The van der Waals surface area contributed by atoms with Crippen molar-refractivity contribution >= 4 is 124 Å². The zero-order valence-corrected chi connectivity index (χ0v) is 55.9. The summed E-state index contributed by atoms with van der Waals surface area (Å²) in [5.41, 5.74) is 39.0. The van der Waals surface area contributed by atoms with Crippen LogP contribution in [0.1, 0.15) is 152 Å². The summed E-state index contributed by atoms with van der Waals surface area (Å²) >= 11 is 5.27. The Kier molecular flexibility index (Phi) is 12.6. The molecular formula is C82H70B2I2. The number of rotatable bonds is 10. The third-order valence-corrected chi connectivity index (χ3v) is 21.8. The van der Waals surface area contributed by atoms with Crippen LogP contribution in [-0.4, -0.2) is 13.4 Å². The van der Waals surface area contributed by atoms with Gasteiger partial charge in [-0.25, -0.2) is 0 Å². The van der Waals surface area contributed by atoms with Gasteiger partial charge < -0.3 is 0 Å². The molecule has 0 N–H and O–H groups in total. The van der Waals surface area contributed by atoms with Gasteiger partial charge in [0.25, 0.3) is 0 Å². The van der Waals surface area contributed by atoms with Crippen LogP contribution < -0.4 is 32.8 Å². The van der Waals surface area contributed by atoms with Gasteiger partial charge in [-0.15, -0.1) is 0 Å². The quantitative estimate of drug-likeness (QED) is 0.0727. The molecule has 86 heavy (non-hydrogen) atoms. The maximum Gasteiger partial charge on any atom is 0.244 e. The lowest BCUT2D eigenvalue weighted by molar-refractivity contribution is 0.807. The number of hydrogen-bond donors (Lipinski definition) is 0. The van der Waals surface area contributed by atoms with E-state index in [0.29, 0.717) is 35.5 Å². The van der Waals surface area contributed by atoms with Gasteiger partial charge in [-0.2, -0.15) is 0 Å². The molecule has 4 aliphatic heterocycles. The van der Waals surface area contributed by atoms with E-state index in [-0.39, 0.29) is 13.4 Å². The summed E-state index contributed by atoms with van der Waals surface area (Å²) in [6.07, 6.45) is 0. The predicted octanol–water partition coefficient (Wildman–Crippen LogP) is 20.2. The van der Waals surface area contributed by atoms with E-state index >= 15 is 0 Å². The highest BCUT2D eigenvalue weighted by molar-refractivity contribution is 14.1. The Labute approximate surface area is 537 Å². The molecule has 4 heterocycles. The molecule has 0 radical (unpaired) electrons. The van der Waals surface area contributed by atoms with E-state index in [9.17, 15) is 0 Å². The molecule has 4 aliphatic rings. The molecule has 12 aromatic carbocycles. The maximum atomic E-state index is 2.77. The van der Waals surface area contributed by atoms with E-state index in [1.807, 2.05) is 0 Å². The van der Waals surface area contributed by atoms with Crippen LogP contribution in [0.4, 0.5) is 0 Å². The third-order valence-electron chi connectivity index (χ3n) is 20.6. The largest absolute Gasteiger partial charge is 0.244 e. The summed E-state index contributed by atoms with van der Waals surface area (Å²) in [6.45, 7) is 29.1. The molecule has 0 aliphatic carbocycles. The fourth-order valence-electron chi connectivity index (χ4n) is 16.5. The van der Waals surface area contributed by atoms with Gasteiger partial charge in [-0.05, 0) is 284 Å². The van der Waals surface area contributed by atoms with Gasteiger partial charge in [0.05, 0.1) is 0 Å². The van der Waals surface area contributed by atoms with Gasteiger partial charge in [-0.1, -0.05) is 237 Å². The fraction of sp³-hybridized carbons (Fsp3) is 0.220. The molecule has 0 unspecified atom stereocenters. The molecule has 4 heteroatoms. The highest BCUT2D eigenvalue weighted by Crippen LogP contribution is 2.55. The van der Waals surface area contributed by atoms with E-state index in [2.05, 4.69) is 298 Å². The van der Waals surface area contributed by atoms with Crippen LogP contribution in [0.2, 0.25) is 0 Å². The SMILES string of the molecule is CC(C)c1cc(C(C)C)c(-c2cc3c4c(cc5c(-c6c(C(C)C)cc(C(C)C)cc6C(C)C)cc6c7c(cc2c4c57)B2c4ccc(-c5ccccc5)cc4-c4cc(I)cc-6c42)B2c4ccc(-c5ccccc5)cc4-c4cc(I)cc-3c42)c(C(C)C)c1. The van der Waals surface area contributed by atoms with E-state index in [1.54, 1.807) is 0 Å². The van der Waals surface area contributed by atoms with Gasteiger partial charge in [-0.3, -0.25) is 0 Å². The van der Waals surface area contributed by atoms with Gasteiger partial charge in [0.15, 0.2) is 0 Å². The first-order valence-corrected chi connectivity index (χ1v) is 33.9. The summed E-state index contributed by atoms with van der Waals surface area (Å²) < 4.78 is 2.56. The first kappa shape index (κ1) is 54.6. The summed E-state index contributed by atoms with van der Waals surface area (Å²) in [5.74, 6) is 2.03. The Bertz CT molecular complexity index is 4540. The van der Waals surface area contributed by atoms with E-state index in [0.717, 1.165) is 0 Å².